The van der Waals surface area contributed by atoms with E-state index in [-0.39, 0.29) is 11.9 Å². The Hall–Kier alpha value is -2.88. The molecule has 4 nitrogen and oxygen atoms in total. The van der Waals surface area contributed by atoms with Gasteiger partial charge in [0.2, 0.25) is 0 Å². The Morgan fingerprint density at radius 2 is 1.59 bits per heavy atom. The average Bonchev–Trinajstić information content (AvgIpc) is 2.59. The first kappa shape index (κ1) is 15.5. The van der Waals surface area contributed by atoms with E-state index in [0.717, 1.165) is 11.1 Å². The smallest absolute Gasteiger partial charge is 0.338 e. The number of carbonyl (C=O) groups excluding carboxylic acids is 2. The molecule has 0 bridgehead atoms. The summed E-state index contributed by atoms with van der Waals surface area (Å²) in [5.74, 6) is -0.770. The molecular formula is C18H16O4. The van der Waals surface area contributed by atoms with Crippen LogP contribution in [0, 0.1) is 0 Å². The quantitative estimate of drug-likeness (QED) is 0.640. The molecule has 0 atom stereocenters. The van der Waals surface area contributed by atoms with Gasteiger partial charge >= 0.3 is 11.9 Å². The van der Waals surface area contributed by atoms with Crippen LogP contribution in [-0.4, -0.2) is 26.2 Å². The number of rotatable bonds is 4. The van der Waals surface area contributed by atoms with Gasteiger partial charge in [-0.3, -0.25) is 0 Å². The highest BCUT2D eigenvalue weighted by atomic mass is 16.5. The van der Waals surface area contributed by atoms with Crippen LogP contribution in [0.25, 0.3) is 12.2 Å². The largest absolute Gasteiger partial charge is 0.465 e. The van der Waals surface area contributed by atoms with Crippen molar-refractivity contribution in [3.63, 3.8) is 0 Å². The van der Waals surface area contributed by atoms with Gasteiger partial charge in [0.15, 0.2) is 0 Å². The van der Waals surface area contributed by atoms with E-state index in [1.165, 1.54) is 14.2 Å². The second-order valence-electron chi connectivity index (χ2n) is 4.53. The summed E-state index contributed by atoms with van der Waals surface area (Å²) >= 11 is 0. The van der Waals surface area contributed by atoms with Crippen molar-refractivity contribution in [3.05, 3.63) is 70.8 Å². The Morgan fingerprint density at radius 3 is 2.32 bits per heavy atom. The maximum atomic E-state index is 11.7. The Balaban J connectivity index is 2.30. The fourth-order valence-corrected chi connectivity index (χ4v) is 2.01. The maximum Gasteiger partial charge on any atom is 0.338 e. The van der Waals surface area contributed by atoms with E-state index < -0.39 is 0 Å². The molecule has 112 valence electrons. The summed E-state index contributed by atoms with van der Waals surface area (Å²) in [6.07, 6.45) is 3.64. The second-order valence-corrected chi connectivity index (χ2v) is 4.53. The maximum absolute atomic E-state index is 11.7. The lowest BCUT2D eigenvalue weighted by atomic mass is 10.0. The predicted octanol–water partition coefficient (Wildman–Crippen LogP) is 3.43. The van der Waals surface area contributed by atoms with Gasteiger partial charge in [-0.25, -0.2) is 9.59 Å². The zero-order valence-electron chi connectivity index (χ0n) is 12.4. The zero-order chi connectivity index (χ0) is 15.9. The first-order valence-corrected chi connectivity index (χ1v) is 6.69. The summed E-state index contributed by atoms with van der Waals surface area (Å²) < 4.78 is 9.46. The predicted molar refractivity (Wildman–Crippen MR) is 84.5 cm³/mol. The Morgan fingerprint density at radius 1 is 0.864 bits per heavy atom. The highest BCUT2D eigenvalue weighted by Gasteiger charge is 2.08. The van der Waals surface area contributed by atoms with Crippen molar-refractivity contribution in [1.29, 1.82) is 0 Å². The third-order valence-electron chi connectivity index (χ3n) is 3.13. The van der Waals surface area contributed by atoms with Gasteiger partial charge in [0, 0.05) is 0 Å². The first-order valence-electron chi connectivity index (χ1n) is 6.69. The minimum absolute atomic E-state index is 0.384. The van der Waals surface area contributed by atoms with Crippen molar-refractivity contribution in [2.75, 3.05) is 14.2 Å². The van der Waals surface area contributed by atoms with Crippen LogP contribution in [0.15, 0.2) is 48.5 Å². The molecule has 0 amide bonds. The summed E-state index contributed by atoms with van der Waals surface area (Å²) in [6, 6.07) is 14.2. The molecule has 0 aromatic heterocycles. The lowest BCUT2D eigenvalue weighted by Gasteiger charge is -2.04. The van der Waals surface area contributed by atoms with Crippen molar-refractivity contribution in [1.82, 2.24) is 0 Å². The van der Waals surface area contributed by atoms with Gasteiger partial charge in [0.25, 0.3) is 0 Å². The topological polar surface area (TPSA) is 52.6 Å². The van der Waals surface area contributed by atoms with Gasteiger partial charge in [0.1, 0.15) is 0 Å². The fourth-order valence-electron chi connectivity index (χ4n) is 2.01. The molecule has 0 aliphatic carbocycles. The molecule has 0 N–H and O–H groups in total. The van der Waals surface area contributed by atoms with E-state index in [2.05, 4.69) is 0 Å². The number of methoxy groups -OCH3 is 2. The number of benzene rings is 2. The highest BCUT2D eigenvalue weighted by molar-refractivity contribution is 5.95. The number of ether oxygens (including phenoxy) is 2. The highest BCUT2D eigenvalue weighted by Crippen LogP contribution is 2.15. The van der Waals surface area contributed by atoms with Crippen LogP contribution in [-0.2, 0) is 9.47 Å². The molecule has 0 aliphatic rings. The monoisotopic (exact) mass is 296 g/mol. The van der Waals surface area contributed by atoms with E-state index in [4.69, 9.17) is 9.47 Å². The van der Waals surface area contributed by atoms with Crippen LogP contribution < -0.4 is 0 Å². The van der Waals surface area contributed by atoms with Crippen LogP contribution in [0.3, 0.4) is 0 Å². The molecule has 0 saturated heterocycles. The summed E-state index contributed by atoms with van der Waals surface area (Å²) in [5, 5.41) is 0. The number of carbonyl (C=O) groups is 2. The van der Waals surface area contributed by atoms with Crippen LogP contribution in [0.2, 0.25) is 0 Å². The van der Waals surface area contributed by atoms with Gasteiger partial charge < -0.3 is 9.47 Å². The van der Waals surface area contributed by atoms with Crippen LogP contribution in [0.4, 0.5) is 0 Å². The van der Waals surface area contributed by atoms with Crippen molar-refractivity contribution in [3.8, 4) is 0 Å². The molecule has 0 aliphatic heterocycles. The Labute approximate surface area is 129 Å². The SMILES string of the molecule is COC(=O)c1cccc(C=Cc2ccccc2C(=O)OC)c1. The van der Waals surface area contributed by atoms with Gasteiger partial charge in [-0.05, 0) is 29.3 Å². The number of hydrogen-bond acceptors (Lipinski definition) is 4. The van der Waals surface area contributed by atoms with E-state index in [9.17, 15) is 9.59 Å². The summed E-state index contributed by atoms with van der Waals surface area (Å²) in [5.41, 5.74) is 2.55. The molecule has 2 rings (SSSR count). The molecule has 0 radical (unpaired) electrons. The molecule has 0 spiro atoms. The Bertz CT molecular complexity index is 717. The van der Waals surface area contributed by atoms with Crippen LogP contribution in [0.5, 0.6) is 0 Å². The van der Waals surface area contributed by atoms with E-state index in [1.807, 2.05) is 30.4 Å². The van der Waals surface area contributed by atoms with E-state index in [1.54, 1.807) is 30.3 Å². The van der Waals surface area contributed by atoms with Crippen LogP contribution >= 0.6 is 0 Å². The van der Waals surface area contributed by atoms with Gasteiger partial charge in [-0.1, -0.05) is 42.5 Å². The van der Waals surface area contributed by atoms with Gasteiger partial charge in [0.05, 0.1) is 25.3 Å². The van der Waals surface area contributed by atoms with E-state index in [0.29, 0.717) is 11.1 Å². The molecule has 0 fully saturated rings. The third-order valence-corrected chi connectivity index (χ3v) is 3.13. The molecule has 22 heavy (non-hydrogen) atoms. The molecule has 2 aromatic carbocycles. The lowest BCUT2D eigenvalue weighted by molar-refractivity contribution is 0.0591. The van der Waals surface area contributed by atoms with Crippen molar-refractivity contribution < 1.29 is 19.1 Å². The Kier molecular flexibility index (Phi) is 5.09. The van der Waals surface area contributed by atoms with Gasteiger partial charge in [-0.15, -0.1) is 0 Å². The van der Waals surface area contributed by atoms with Crippen molar-refractivity contribution >= 4 is 24.1 Å². The molecular weight excluding hydrogens is 280 g/mol. The van der Waals surface area contributed by atoms with E-state index >= 15 is 0 Å². The summed E-state index contributed by atoms with van der Waals surface area (Å²) in [6.45, 7) is 0. The molecule has 0 heterocycles. The average molecular weight is 296 g/mol. The summed E-state index contributed by atoms with van der Waals surface area (Å²) in [4.78, 5) is 23.2. The zero-order valence-corrected chi connectivity index (χ0v) is 12.4. The van der Waals surface area contributed by atoms with Gasteiger partial charge in [-0.2, -0.15) is 0 Å². The standard InChI is InChI=1S/C18H16O4/c1-21-17(19)15-8-5-6-13(12-15)10-11-14-7-3-4-9-16(14)18(20)22-2/h3-12H,1-2H3. The number of hydrogen-bond donors (Lipinski definition) is 0. The normalized spacial score (nSPS) is 10.5. The van der Waals surface area contributed by atoms with Crippen molar-refractivity contribution in [2.45, 2.75) is 0 Å². The molecule has 0 saturated carbocycles. The first-order chi connectivity index (χ1) is 10.7. The lowest BCUT2D eigenvalue weighted by Crippen LogP contribution is -2.03. The summed E-state index contributed by atoms with van der Waals surface area (Å²) in [7, 11) is 2.69. The minimum Gasteiger partial charge on any atom is -0.465 e. The molecule has 4 heteroatoms. The van der Waals surface area contributed by atoms with Crippen molar-refractivity contribution in [2.24, 2.45) is 0 Å². The molecule has 0 unspecified atom stereocenters. The molecule has 2 aromatic rings. The minimum atomic E-state index is -0.386. The second kappa shape index (κ2) is 7.22. The third kappa shape index (κ3) is 3.61. The van der Waals surface area contributed by atoms with Crippen LogP contribution in [0.1, 0.15) is 31.8 Å². The number of esters is 2. The fraction of sp³-hybridized carbons (Fsp3) is 0.111.